The lowest BCUT2D eigenvalue weighted by atomic mass is 9.33. The standard InChI is InChI=1S/C45H71N3O3S/c1-31(47(8)9)35-17-22-45(46-25-26-48-27-29-52(49,50)30-28-48)24-23-43(6)37(40(35)45)15-16-39-42(5)20-18-36(34-13-11-33(12-14-34)32(2)51-10)41(3,4)38(42)19-21-44(39,43)7/h11-14,18,31,35,37-40,46H,2,15-17,19-30H2,1,3-10H3/t31?,35-,37+,38-,39+,40+,42-,43+,44+,45-/m0/s1. The fraction of sp³-hybridized carbons (Fsp3) is 0.778. The van der Waals surface area contributed by atoms with Crippen LogP contribution in [0.15, 0.2) is 36.9 Å². The highest BCUT2D eigenvalue weighted by molar-refractivity contribution is 7.91. The number of ether oxygens (including phenoxy) is 1. The first-order valence-electron chi connectivity index (χ1n) is 20.8. The van der Waals surface area contributed by atoms with E-state index in [1.54, 1.807) is 7.11 Å². The van der Waals surface area contributed by atoms with Crippen molar-refractivity contribution in [2.24, 2.45) is 51.2 Å². The molecule has 1 aliphatic heterocycles. The van der Waals surface area contributed by atoms with E-state index in [9.17, 15) is 8.42 Å². The molecule has 290 valence electrons. The lowest BCUT2D eigenvalue weighted by Crippen LogP contribution is -2.68. The van der Waals surface area contributed by atoms with Crippen LogP contribution in [0.3, 0.4) is 0 Å². The van der Waals surface area contributed by atoms with Gasteiger partial charge in [0.2, 0.25) is 0 Å². The largest absolute Gasteiger partial charge is 0.497 e. The van der Waals surface area contributed by atoms with Gasteiger partial charge < -0.3 is 19.9 Å². The number of allylic oxidation sites excluding steroid dienone is 2. The minimum absolute atomic E-state index is 0.105. The quantitative estimate of drug-likeness (QED) is 0.258. The number of hydrogen-bond donors (Lipinski definition) is 1. The molecule has 7 heteroatoms. The molecule has 1 aromatic carbocycles. The fourth-order valence-electron chi connectivity index (χ4n) is 14.4. The number of nitrogens with zero attached hydrogens (tertiary/aromatic N) is 2. The van der Waals surface area contributed by atoms with Crippen molar-refractivity contribution in [2.45, 2.75) is 111 Å². The van der Waals surface area contributed by atoms with Crippen molar-refractivity contribution in [1.29, 1.82) is 0 Å². The molecule has 0 aromatic heterocycles. The van der Waals surface area contributed by atoms with E-state index >= 15 is 0 Å². The van der Waals surface area contributed by atoms with Crippen molar-refractivity contribution < 1.29 is 13.2 Å². The van der Waals surface area contributed by atoms with Gasteiger partial charge in [0.25, 0.3) is 0 Å². The van der Waals surface area contributed by atoms with Gasteiger partial charge in [-0.25, -0.2) is 8.42 Å². The highest BCUT2D eigenvalue weighted by atomic mass is 32.2. The predicted molar refractivity (Wildman–Crippen MR) is 217 cm³/mol. The molecule has 1 N–H and O–H groups in total. The SMILES string of the molecule is C=C(OC)c1ccc(C2=CC[C@]3(C)[C@H]4CC[C@@H]5[C@H]6[C@H](C(C)N(C)C)CC[C@]6(NCCN6CCS(=O)(=O)CC6)CC[C@@]5(C)[C@]4(C)CC[C@H]3C2(C)C)cc1. The molecule has 1 unspecified atom stereocenters. The highest BCUT2D eigenvalue weighted by Gasteiger charge is 2.70. The minimum Gasteiger partial charge on any atom is -0.497 e. The molecule has 0 bridgehead atoms. The van der Waals surface area contributed by atoms with Crippen LogP contribution in [0, 0.1) is 51.2 Å². The summed E-state index contributed by atoms with van der Waals surface area (Å²) in [5.74, 6) is 4.85. The van der Waals surface area contributed by atoms with E-state index in [1.165, 1.54) is 68.9 Å². The average molecular weight is 734 g/mol. The Labute approximate surface area is 317 Å². The molecule has 6 aliphatic rings. The monoisotopic (exact) mass is 734 g/mol. The van der Waals surface area contributed by atoms with Crippen LogP contribution >= 0.6 is 0 Å². The van der Waals surface area contributed by atoms with Gasteiger partial charge in [-0.15, -0.1) is 0 Å². The van der Waals surface area contributed by atoms with Crippen LogP contribution < -0.4 is 5.32 Å². The van der Waals surface area contributed by atoms with E-state index in [4.69, 9.17) is 4.74 Å². The number of rotatable bonds is 9. The maximum atomic E-state index is 12.1. The second kappa shape index (κ2) is 13.5. The molecular weight excluding hydrogens is 663 g/mol. The van der Waals surface area contributed by atoms with Gasteiger partial charge in [-0.1, -0.05) is 71.5 Å². The van der Waals surface area contributed by atoms with Crippen molar-refractivity contribution >= 4 is 21.2 Å². The van der Waals surface area contributed by atoms with Crippen molar-refractivity contribution in [2.75, 3.05) is 58.9 Å². The second-order valence-electron chi connectivity index (χ2n) is 19.9. The fourth-order valence-corrected chi connectivity index (χ4v) is 15.6. The van der Waals surface area contributed by atoms with E-state index in [0.29, 0.717) is 64.6 Å². The molecule has 7 rings (SSSR count). The topological polar surface area (TPSA) is 61.9 Å². The first kappa shape index (κ1) is 38.6. The highest BCUT2D eigenvalue weighted by Crippen LogP contribution is 2.76. The zero-order valence-electron chi connectivity index (χ0n) is 34.2. The smallest absolute Gasteiger partial charge is 0.152 e. The Morgan fingerprint density at radius 3 is 2.29 bits per heavy atom. The molecule has 5 fully saturated rings. The zero-order valence-corrected chi connectivity index (χ0v) is 35.0. The van der Waals surface area contributed by atoms with Crippen molar-refractivity contribution in [3.8, 4) is 0 Å². The molecule has 52 heavy (non-hydrogen) atoms. The predicted octanol–water partition coefficient (Wildman–Crippen LogP) is 8.40. The molecular formula is C45H71N3O3S. The average Bonchev–Trinajstić information content (AvgIpc) is 3.48. The summed E-state index contributed by atoms with van der Waals surface area (Å²) in [4.78, 5) is 4.88. The molecule has 1 aromatic rings. The van der Waals surface area contributed by atoms with Crippen LogP contribution in [-0.4, -0.2) is 88.7 Å². The summed E-state index contributed by atoms with van der Waals surface area (Å²) in [6, 6.07) is 9.50. The van der Waals surface area contributed by atoms with Crippen LogP contribution in [0.25, 0.3) is 11.3 Å². The molecule has 1 saturated heterocycles. The molecule has 0 spiro atoms. The number of hydrogen-bond acceptors (Lipinski definition) is 6. The van der Waals surface area contributed by atoms with Crippen LogP contribution in [0.1, 0.15) is 110 Å². The maximum Gasteiger partial charge on any atom is 0.152 e. The van der Waals surface area contributed by atoms with Crippen LogP contribution in [0.4, 0.5) is 0 Å². The van der Waals surface area contributed by atoms with Crippen molar-refractivity contribution in [1.82, 2.24) is 15.1 Å². The number of sulfone groups is 1. The van der Waals surface area contributed by atoms with E-state index < -0.39 is 9.84 Å². The first-order valence-corrected chi connectivity index (χ1v) is 22.6. The third-order valence-corrected chi connectivity index (χ3v) is 19.2. The van der Waals surface area contributed by atoms with Gasteiger partial charge >= 0.3 is 0 Å². The van der Waals surface area contributed by atoms with Gasteiger partial charge in [-0.2, -0.15) is 0 Å². The summed E-state index contributed by atoms with van der Waals surface area (Å²) in [6.07, 6.45) is 14.4. The van der Waals surface area contributed by atoms with Gasteiger partial charge in [0.15, 0.2) is 9.84 Å². The van der Waals surface area contributed by atoms with Crippen molar-refractivity contribution in [3.63, 3.8) is 0 Å². The normalized spacial score (nSPS) is 41.6. The molecule has 6 nitrogen and oxygen atoms in total. The molecule has 4 saturated carbocycles. The summed E-state index contributed by atoms with van der Waals surface area (Å²) in [5, 5.41) is 4.29. The number of methoxy groups -OCH3 is 1. The number of fused-ring (bicyclic) bond motifs is 7. The van der Waals surface area contributed by atoms with Crippen LogP contribution in [-0.2, 0) is 14.6 Å². The van der Waals surface area contributed by atoms with Gasteiger partial charge in [0.1, 0.15) is 5.76 Å². The van der Waals surface area contributed by atoms with Gasteiger partial charge in [0, 0.05) is 43.3 Å². The Balaban J connectivity index is 1.16. The van der Waals surface area contributed by atoms with E-state index in [0.717, 1.165) is 36.2 Å². The molecule has 10 atom stereocenters. The Morgan fingerprint density at radius 1 is 0.942 bits per heavy atom. The Kier molecular flexibility index (Phi) is 10.0. The van der Waals surface area contributed by atoms with Gasteiger partial charge in [-0.3, -0.25) is 0 Å². The third-order valence-electron chi connectivity index (χ3n) is 17.6. The summed E-state index contributed by atoms with van der Waals surface area (Å²) in [5.41, 5.74) is 5.17. The van der Waals surface area contributed by atoms with Crippen LogP contribution in [0.2, 0.25) is 0 Å². The van der Waals surface area contributed by atoms with Crippen LogP contribution in [0.5, 0.6) is 0 Å². The van der Waals surface area contributed by atoms with E-state index in [1.807, 2.05) is 0 Å². The minimum atomic E-state index is -2.85. The number of benzene rings is 1. The Hall–Kier alpha value is -1.67. The summed E-state index contributed by atoms with van der Waals surface area (Å²) < 4.78 is 29.6. The maximum absolute atomic E-state index is 12.1. The van der Waals surface area contributed by atoms with Gasteiger partial charge in [0.05, 0.1) is 18.6 Å². The molecule has 5 aliphatic carbocycles. The van der Waals surface area contributed by atoms with Crippen molar-refractivity contribution in [3.05, 3.63) is 48.0 Å². The molecule has 1 heterocycles. The zero-order chi connectivity index (χ0) is 37.5. The summed E-state index contributed by atoms with van der Waals surface area (Å²) in [6.45, 7) is 23.2. The molecule has 0 amide bonds. The van der Waals surface area contributed by atoms with E-state index in [-0.39, 0.29) is 11.0 Å². The first-order chi connectivity index (χ1) is 24.4. The molecule has 0 radical (unpaired) electrons. The van der Waals surface area contributed by atoms with Gasteiger partial charge in [-0.05, 0) is 141 Å². The summed E-state index contributed by atoms with van der Waals surface area (Å²) >= 11 is 0. The van der Waals surface area contributed by atoms with E-state index in [2.05, 4.69) is 108 Å². The Morgan fingerprint density at radius 2 is 1.63 bits per heavy atom. The summed E-state index contributed by atoms with van der Waals surface area (Å²) in [7, 11) is 3.43. The third kappa shape index (κ3) is 6.00. The second-order valence-corrected chi connectivity index (χ2v) is 22.2. The Bertz CT molecular complexity index is 1640. The lowest BCUT2D eigenvalue weighted by molar-refractivity contribution is -0.221. The number of nitrogens with one attached hydrogen (secondary N) is 1. The lowest BCUT2D eigenvalue weighted by Gasteiger charge is -2.72.